The molecule has 0 unspecified atom stereocenters. The molecule has 5 nitrogen and oxygen atoms in total. The molecule has 1 aromatic carbocycles. The van der Waals surface area contributed by atoms with Crippen LogP contribution < -0.4 is 5.43 Å². The molecule has 0 aliphatic heterocycles. The third-order valence-electron chi connectivity index (χ3n) is 2.19. The Kier molecular flexibility index (Phi) is 5.71. The van der Waals surface area contributed by atoms with E-state index in [1.807, 2.05) is 0 Å². The highest BCUT2D eigenvalue weighted by molar-refractivity contribution is 6.83. The molecular formula is C15H17N3O2Si. The van der Waals surface area contributed by atoms with Crippen LogP contribution in [0, 0.1) is 33.4 Å². The minimum Gasteiger partial charge on any atom is -0.271 e. The third-order valence-corrected chi connectivity index (χ3v) is 3.06. The van der Waals surface area contributed by atoms with E-state index in [2.05, 4.69) is 53.5 Å². The van der Waals surface area contributed by atoms with Crippen molar-refractivity contribution in [1.29, 1.82) is 0 Å². The second kappa shape index (κ2) is 7.27. The summed E-state index contributed by atoms with van der Waals surface area (Å²) in [7, 11) is -1.41. The zero-order valence-electron chi connectivity index (χ0n) is 12.5. The van der Waals surface area contributed by atoms with Crippen LogP contribution >= 0.6 is 0 Å². The van der Waals surface area contributed by atoms with Crippen molar-refractivity contribution < 1.29 is 4.92 Å². The Morgan fingerprint density at radius 1 is 1.29 bits per heavy atom. The van der Waals surface area contributed by atoms with E-state index in [4.69, 9.17) is 0 Å². The summed E-state index contributed by atoms with van der Waals surface area (Å²) in [6.07, 6.45) is 0. The maximum atomic E-state index is 10.8. The minimum atomic E-state index is -1.41. The van der Waals surface area contributed by atoms with E-state index in [-0.39, 0.29) is 5.69 Å². The Labute approximate surface area is 125 Å². The molecule has 0 saturated heterocycles. The summed E-state index contributed by atoms with van der Waals surface area (Å²) in [6.45, 7) is 8.13. The number of hydrogen-bond acceptors (Lipinski definition) is 4. The first-order valence-corrected chi connectivity index (χ1v) is 9.86. The van der Waals surface area contributed by atoms with Crippen molar-refractivity contribution >= 4 is 25.2 Å². The molecule has 0 fully saturated rings. The predicted octanol–water partition coefficient (Wildman–Crippen LogP) is 3.27. The van der Waals surface area contributed by atoms with Gasteiger partial charge in [-0.3, -0.25) is 15.5 Å². The molecule has 0 aliphatic carbocycles. The van der Waals surface area contributed by atoms with E-state index in [0.717, 1.165) is 0 Å². The number of hydrogen-bond donors (Lipinski definition) is 1. The summed E-state index contributed by atoms with van der Waals surface area (Å²) in [5, 5.41) is 14.8. The van der Waals surface area contributed by atoms with Gasteiger partial charge in [0.05, 0.1) is 4.92 Å². The van der Waals surface area contributed by atoms with Crippen LogP contribution in [-0.4, -0.2) is 18.7 Å². The molecule has 21 heavy (non-hydrogen) atoms. The van der Waals surface area contributed by atoms with Crippen molar-refractivity contribution in [2.45, 2.75) is 26.6 Å². The molecule has 0 radical (unpaired) electrons. The lowest BCUT2D eigenvalue weighted by Crippen LogP contribution is -2.16. The molecule has 0 heterocycles. The van der Waals surface area contributed by atoms with Crippen LogP contribution in [0.1, 0.15) is 6.92 Å². The molecule has 0 bridgehead atoms. The molecular weight excluding hydrogens is 282 g/mol. The fraction of sp³-hybridized carbons (Fsp3) is 0.267. The lowest BCUT2D eigenvalue weighted by atomic mass is 10.3. The van der Waals surface area contributed by atoms with Crippen LogP contribution in [0.15, 0.2) is 29.4 Å². The summed E-state index contributed by atoms with van der Waals surface area (Å²) in [6, 6.07) is 6.31. The number of rotatable bonds is 3. The van der Waals surface area contributed by atoms with E-state index >= 15 is 0 Å². The second-order valence-corrected chi connectivity index (χ2v) is 10.1. The standard InChI is InChI=1S/C15H17N3O2Si/c1-13(9-7-8-12-21(2,3)4)16-17-14-10-5-6-11-15(14)18(19)20/h5-6,10-11,17H,1-4H3/b16-13-. The van der Waals surface area contributed by atoms with E-state index in [9.17, 15) is 10.1 Å². The van der Waals surface area contributed by atoms with Gasteiger partial charge in [-0.2, -0.15) is 5.10 Å². The van der Waals surface area contributed by atoms with E-state index in [0.29, 0.717) is 11.4 Å². The van der Waals surface area contributed by atoms with Crippen LogP contribution in [0.2, 0.25) is 19.6 Å². The first-order chi connectivity index (χ1) is 9.79. The molecule has 1 N–H and O–H groups in total. The molecule has 6 heteroatoms. The van der Waals surface area contributed by atoms with Crippen LogP contribution in [0.4, 0.5) is 11.4 Å². The Bertz CT molecular complexity index is 683. The van der Waals surface area contributed by atoms with Gasteiger partial charge in [-0.25, -0.2) is 0 Å². The summed E-state index contributed by atoms with van der Waals surface area (Å²) < 4.78 is 0. The SMILES string of the molecule is C/C(C#CC#C[Si](C)(C)C)=N/Nc1ccccc1[N+](=O)[O-]. The van der Waals surface area contributed by atoms with E-state index < -0.39 is 13.0 Å². The summed E-state index contributed by atoms with van der Waals surface area (Å²) >= 11 is 0. The summed E-state index contributed by atoms with van der Waals surface area (Å²) in [5.74, 6) is 8.34. The zero-order chi connectivity index (χ0) is 15.9. The summed E-state index contributed by atoms with van der Waals surface area (Å²) in [4.78, 5) is 10.4. The maximum Gasteiger partial charge on any atom is 0.294 e. The molecule has 0 spiro atoms. The van der Waals surface area contributed by atoms with E-state index in [1.54, 1.807) is 25.1 Å². The predicted molar refractivity (Wildman–Crippen MR) is 88.7 cm³/mol. The minimum absolute atomic E-state index is 0.0273. The fourth-order valence-electron chi connectivity index (χ4n) is 1.24. The quantitative estimate of drug-likeness (QED) is 0.306. The average molecular weight is 299 g/mol. The second-order valence-electron chi connectivity index (χ2n) is 5.33. The van der Waals surface area contributed by atoms with Crippen molar-refractivity contribution in [2.75, 3.05) is 5.43 Å². The monoisotopic (exact) mass is 299 g/mol. The van der Waals surface area contributed by atoms with Crippen molar-refractivity contribution in [3.05, 3.63) is 34.4 Å². The molecule has 0 atom stereocenters. The van der Waals surface area contributed by atoms with Gasteiger partial charge < -0.3 is 0 Å². The number of nitrogens with one attached hydrogen (secondary N) is 1. The average Bonchev–Trinajstić information content (AvgIpc) is 2.40. The van der Waals surface area contributed by atoms with Gasteiger partial charge in [-0.1, -0.05) is 31.8 Å². The van der Waals surface area contributed by atoms with Gasteiger partial charge in [0.25, 0.3) is 5.69 Å². The molecule has 1 rings (SSSR count). The molecule has 0 amide bonds. The Hall–Kier alpha value is -2.57. The number of anilines is 1. The number of para-hydroxylation sites is 2. The van der Waals surface area contributed by atoms with Crippen molar-refractivity contribution in [3.8, 4) is 23.3 Å². The number of nitrogens with zero attached hydrogens (tertiary/aromatic N) is 2. The van der Waals surface area contributed by atoms with Crippen LogP contribution in [0.3, 0.4) is 0 Å². The number of hydrazone groups is 1. The van der Waals surface area contributed by atoms with Gasteiger partial charge in [0.1, 0.15) is 19.5 Å². The van der Waals surface area contributed by atoms with Gasteiger partial charge in [-0.15, -0.1) is 5.54 Å². The van der Waals surface area contributed by atoms with Crippen LogP contribution in [0.25, 0.3) is 0 Å². The van der Waals surface area contributed by atoms with Crippen molar-refractivity contribution in [1.82, 2.24) is 0 Å². The Morgan fingerprint density at radius 2 is 1.95 bits per heavy atom. The van der Waals surface area contributed by atoms with E-state index in [1.165, 1.54) is 6.07 Å². The lowest BCUT2D eigenvalue weighted by molar-refractivity contribution is -0.384. The topological polar surface area (TPSA) is 67.5 Å². The van der Waals surface area contributed by atoms with Crippen LogP contribution in [0.5, 0.6) is 0 Å². The highest BCUT2D eigenvalue weighted by atomic mass is 28.3. The first-order valence-electron chi connectivity index (χ1n) is 6.36. The number of benzene rings is 1. The summed E-state index contributed by atoms with van der Waals surface area (Å²) in [5.41, 5.74) is 6.60. The van der Waals surface area contributed by atoms with Gasteiger partial charge in [-0.05, 0) is 30.8 Å². The normalized spacial score (nSPS) is 10.8. The zero-order valence-corrected chi connectivity index (χ0v) is 13.5. The van der Waals surface area contributed by atoms with Gasteiger partial charge >= 0.3 is 0 Å². The van der Waals surface area contributed by atoms with Gasteiger partial charge in [0, 0.05) is 6.07 Å². The molecule has 0 saturated carbocycles. The van der Waals surface area contributed by atoms with Crippen molar-refractivity contribution in [2.24, 2.45) is 5.10 Å². The molecule has 108 valence electrons. The van der Waals surface area contributed by atoms with Gasteiger partial charge in [0.15, 0.2) is 0 Å². The maximum absolute atomic E-state index is 10.8. The smallest absolute Gasteiger partial charge is 0.271 e. The Balaban J connectivity index is 2.80. The first kappa shape index (κ1) is 16.5. The van der Waals surface area contributed by atoms with Gasteiger partial charge in [0.2, 0.25) is 0 Å². The fourth-order valence-corrected chi connectivity index (χ4v) is 1.68. The highest BCUT2D eigenvalue weighted by Crippen LogP contribution is 2.22. The Morgan fingerprint density at radius 3 is 2.57 bits per heavy atom. The lowest BCUT2D eigenvalue weighted by Gasteiger charge is -2.01. The largest absolute Gasteiger partial charge is 0.294 e. The highest BCUT2D eigenvalue weighted by Gasteiger charge is 2.11. The van der Waals surface area contributed by atoms with Crippen molar-refractivity contribution in [3.63, 3.8) is 0 Å². The molecule has 0 aliphatic rings. The third kappa shape index (κ3) is 6.41. The molecule has 1 aromatic rings. The molecule has 0 aromatic heterocycles. The van der Waals surface area contributed by atoms with Crippen LogP contribution in [-0.2, 0) is 0 Å². The number of nitro benzene ring substituents is 1. The number of nitro groups is 1.